The second kappa shape index (κ2) is 8.13. The molecule has 4 rings (SSSR count). The van der Waals surface area contributed by atoms with Crippen molar-refractivity contribution in [2.75, 3.05) is 0 Å². The van der Waals surface area contributed by atoms with Gasteiger partial charge in [-0.25, -0.2) is 14.2 Å². The number of thiophene rings is 1. The zero-order valence-corrected chi connectivity index (χ0v) is 17.2. The molecule has 31 heavy (non-hydrogen) atoms. The Morgan fingerprint density at radius 2 is 2.03 bits per heavy atom. The van der Waals surface area contributed by atoms with E-state index in [9.17, 15) is 19.1 Å². The van der Waals surface area contributed by atoms with E-state index in [1.54, 1.807) is 49.4 Å². The van der Waals surface area contributed by atoms with Crippen molar-refractivity contribution in [3.8, 4) is 6.07 Å². The molecule has 0 saturated carbocycles. The standard InChI is InChI=1S/C23H16FN3O3S/c1-13-19-21(31-20(13)23(29)30)26-18(10-16-7-2-3-8-17(16)24)27(22(19)28)12-15-6-4-5-14(9-15)11-25/h2-9H,10,12H2,1H3,(H,29,30). The molecular weight excluding hydrogens is 417 g/mol. The summed E-state index contributed by atoms with van der Waals surface area (Å²) in [5.74, 6) is -1.21. The molecule has 4 aromatic rings. The van der Waals surface area contributed by atoms with Crippen molar-refractivity contribution in [3.05, 3.63) is 97.7 Å². The third-order valence-electron chi connectivity index (χ3n) is 5.03. The molecule has 2 aromatic heterocycles. The molecule has 0 radical (unpaired) electrons. The largest absolute Gasteiger partial charge is 0.477 e. The zero-order valence-electron chi connectivity index (χ0n) is 16.4. The van der Waals surface area contributed by atoms with Crippen LogP contribution >= 0.6 is 11.3 Å². The third-order valence-corrected chi connectivity index (χ3v) is 6.20. The van der Waals surface area contributed by atoms with Crippen LogP contribution in [0.3, 0.4) is 0 Å². The van der Waals surface area contributed by atoms with Gasteiger partial charge in [0.1, 0.15) is 21.3 Å². The van der Waals surface area contributed by atoms with Gasteiger partial charge in [-0.3, -0.25) is 9.36 Å². The number of aromatic carboxylic acids is 1. The number of halogens is 1. The number of carboxylic acids is 1. The summed E-state index contributed by atoms with van der Waals surface area (Å²) in [7, 11) is 0. The molecule has 0 bridgehead atoms. The average Bonchev–Trinajstić information content (AvgIpc) is 3.09. The summed E-state index contributed by atoms with van der Waals surface area (Å²) in [6, 6.07) is 15.2. The highest BCUT2D eigenvalue weighted by Gasteiger charge is 2.22. The van der Waals surface area contributed by atoms with Gasteiger partial charge in [-0.1, -0.05) is 30.3 Å². The van der Waals surface area contributed by atoms with Gasteiger partial charge in [-0.05, 0) is 41.8 Å². The van der Waals surface area contributed by atoms with E-state index < -0.39 is 11.8 Å². The highest BCUT2D eigenvalue weighted by atomic mass is 32.1. The van der Waals surface area contributed by atoms with Gasteiger partial charge < -0.3 is 5.11 Å². The molecule has 0 fully saturated rings. The molecule has 8 heteroatoms. The predicted molar refractivity (Wildman–Crippen MR) is 115 cm³/mol. The van der Waals surface area contributed by atoms with Crippen molar-refractivity contribution < 1.29 is 14.3 Å². The number of hydrogen-bond acceptors (Lipinski definition) is 5. The number of carbonyl (C=O) groups is 1. The molecule has 0 saturated heterocycles. The Bertz CT molecular complexity index is 1430. The minimum atomic E-state index is -1.12. The summed E-state index contributed by atoms with van der Waals surface area (Å²) in [6.07, 6.45) is 0.0646. The van der Waals surface area contributed by atoms with Crippen LogP contribution in [0.5, 0.6) is 0 Å². The van der Waals surface area contributed by atoms with E-state index in [1.165, 1.54) is 10.6 Å². The number of benzene rings is 2. The number of hydrogen-bond donors (Lipinski definition) is 1. The van der Waals surface area contributed by atoms with Gasteiger partial charge in [0.15, 0.2) is 0 Å². The van der Waals surface area contributed by atoms with Crippen LogP contribution < -0.4 is 5.56 Å². The number of nitriles is 1. The van der Waals surface area contributed by atoms with Crippen LogP contribution in [0.25, 0.3) is 10.2 Å². The van der Waals surface area contributed by atoms with Crippen LogP contribution in [-0.2, 0) is 13.0 Å². The van der Waals surface area contributed by atoms with Crippen molar-refractivity contribution in [3.63, 3.8) is 0 Å². The van der Waals surface area contributed by atoms with Crippen molar-refractivity contribution in [2.24, 2.45) is 0 Å². The van der Waals surface area contributed by atoms with Gasteiger partial charge >= 0.3 is 5.97 Å². The highest BCUT2D eigenvalue weighted by molar-refractivity contribution is 7.20. The number of aromatic nitrogens is 2. The Balaban J connectivity index is 1.93. The Hall–Kier alpha value is -3.83. The normalized spacial score (nSPS) is 10.9. The maximum atomic E-state index is 14.3. The topological polar surface area (TPSA) is 96.0 Å². The second-order valence-electron chi connectivity index (χ2n) is 7.04. The zero-order chi connectivity index (χ0) is 22.1. The maximum Gasteiger partial charge on any atom is 0.346 e. The summed E-state index contributed by atoms with van der Waals surface area (Å²) in [5.41, 5.74) is 1.51. The maximum absolute atomic E-state index is 14.3. The fourth-order valence-electron chi connectivity index (χ4n) is 3.49. The van der Waals surface area contributed by atoms with Gasteiger partial charge in [-0.15, -0.1) is 11.3 Å². The average molecular weight is 433 g/mol. The Kier molecular flexibility index (Phi) is 5.36. The van der Waals surface area contributed by atoms with Gasteiger partial charge in [0, 0.05) is 6.42 Å². The van der Waals surface area contributed by atoms with E-state index in [0.717, 1.165) is 11.3 Å². The molecule has 0 unspecified atom stereocenters. The third kappa shape index (κ3) is 3.83. The number of carboxylic acid groups (broad SMARTS) is 1. The molecule has 1 N–H and O–H groups in total. The first kappa shape index (κ1) is 20.4. The minimum absolute atomic E-state index is 0.0562. The van der Waals surface area contributed by atoms with Crippen LogP contribution in [0.2, 0.25) is 0 Å². The number of fused-ring (bicyclic) bond motifs is 1. The summed E-state index contributed by atoms with van der Waals surface area (Å²) < 4.78 is 15.7. The van der Waals surface area contributed by atoms with E-state index in [0.29, 0.717) is 32.9 Å². The lowest BCUT2D eigenvalue weighted by Crippen LogP contribution is -2.26. The van der Waals surface area contributed by atoms with Crippen LogP contribution in [-0.4, -0.2) is 20.6 Å². The Morgan fingerprint density at radius 1 is 1.26 bits per heavy atom. The quantitative estimate of drug-likeness (QED) is 0.511. The number of nitrogens with zero attached hydrogens (tertiary/aromatic N) is 3. The molecule has 6 nitrogen and oxygen atoms in total. The molecule has 0 aliphatic rings. The lowest BCUT2D eigenvalue weighted by molar-refractivity contribution is 0.0701. The molecule has 154 valence electrons. The number of rotatable bonds is 5. The first-order valence-corrected chi connectivity index (χ1v) is 10.2. The fraction of sp³-hybridized carbons (Fsp3) is 0.130. The molecule has 2 aromatic carbocycles. The van der Waals surface area contributed by atoms with Crippen molar-refractivity contribution in [2.45, 2.75) is 19.9 Å². The predicted octanol–water partition coefficient (Wildman–Crippen LogP) is 4.11. The fourth-order valence-corrected chi connectivity index (χ4v) is 4.52. The lowest BCUT2D eigenvalue weighted by Gasteiger charge is -2.13. The minimum Gasteiger partial charge on any atom is -0.477 e. The molecule has 0 amide bonds. The molecule has 0 aliphatic carbocycles. The molecule has 0 aliphatic heterocycles. The molecule has 2 heterocycles. The van der Waals surface area contributed by atoms with Crippen LogP contribution in [0.15, 0.2) is 53.3 Å². The van der Waals surface area contributed by atoms with E-state index in [-0.39, 0.29) is 28.8 Å². The van der Waals surface area contributed by atoms with Gasteiger partial charge in [0.2, 0.25) is 0 Å². The summed E-state index contributed by atoms with van der Waals surface area (Å²) in [4.78, 5) is 29.9. The van der Waals surface area contributed by atoms with Gasteiger partial charge in [-0.2, -0.15) is 5.26 Å². The van der Waals surface area contributed by atoms with E-state index >= 15 is 0 Å². The monoisotopic (exact) mass is 433 g/mol. The summed E-state index contributed by atoms with van der Waals surface area (Å²) >= 11 is 0.935. The van der Waals surface area contributed by atoms with Crippen LogP contribution in [0.1, 0.15) is 37.7 Å². The highest BCUT2D eigenvalue weighted by Crippen LogP contribution is 2.28. The summed E-state index contributed by atoms with van der Waals surface area (Å²) in [5, 5.41) is 18.9. The molecular formula is C23H16FN3O3S. The van der Waals surface area contributed by atoms with E-state index in [4.69, 9.17) is 5.26 Å². The van der Waals surface area contributed by atoms with Crippen molar-refractivity contribution in [1.82, 2.24) is 9.55 Å². The van der Waals surface area contributed by atoms with Crippen LogP contribution in [0, 0.1) is 24.1 Å². The summed E-state index contributed by atoms with van der Waals surface area (Å²) in [6.45, 7) is 1.71. The van der Waals surface area contributed by atoms with Gasteiger partial charge in [0.25, 0.3) is 5.56 Å². The van der Waals surface area contributed by atoms with Crippen molar-refractivity contribution in [1.29, 1.82) is 5.26 Å². The molecule has 0 atom stereocenters. The smallest absolute Gasteiger partial charge is 0.346 e. The van der Waals surface area contributed by atoms with Gasteiger partial charge in [0.05, 0.1) is 23.6 Å². The van der Waals surface area contributed by atoms with E-state index in [1.807, 2.05) is 0 Å². The second-order valence-corrected chi connectivity index (χ2v) is 8.04. The number of aryl methyl sites for hydroxylation is 1. The van der Waals surface area contributed by atoms with Crippen LogP contribution in [0.4, 0.5) is 4.39 Å². The first-order valence-electron chi connectivity index (χ1n) is 9.37. The Morgan fingerprint density at radius 3 is 2.74 bits per heavy atom. The lowest BCUT2D eigenvalue weighted by atomic mass is 10.1. The molecule has 0 spiro atoms. The Labute approximate surface area is 180 Å². The van der Waals surface area contributed by atoms with Crippen molar-refractivity contribution >= 4 is 27.5 Å². The van der Waals surface area contributed by atoms with E-state index in [2.05, 4.69) is 11.1 Å². The first-order chi connectivity index (χ1) is 14.9. The SMILES string of the molecule is Cc1c(C(=O)O)sc2nc(Cc3ccccc3F)n(Cc3cccc(C#N)c3)c(=O)c12.